The van der Waals surface area contributed by atoms with Crippen LogP contribution in [-0.2, 0) is 6.54 Å². The van der Waals surface area contributed by atoms with E-state index < -0.39 is 5.91 Å². The van der Waals surface area contributed by atoms with E-state index in [1.165, 1.54) is 29.9 Å². The Morgan fingerprint density at radius 1 is 1.36 bits per heavy atom. The van der Waals surface area contributed by atoms with Crippen LogP contribution in [0.2, 0.25) is 0 Å². The number of pyridine rings is 1. The van der Waals surface area contributed by atoms with Gasteiger partial charge in [-0.1, -0.05) is 12.1 Å². The molecule has 0 atom stereocenters. The van der Waals surface area contributed by atoms with Crippen molar-refractivity contribution in [2.24, 2.45) is 0 Å². The Bertz CT molecular complexity index is 843. The van der Waals surface area contributed by atoms with Crippen LogP contribution in [0.1, 0.15) is 16.1 Å². The third-order valence-electron chi connectivity index (χ3n) is 3.40. The molecule has 0 bridgehead atoms. The van der Waals surface area contributed by atoms with Crippen LogP contribution in [0.15, 0.2) is 42.7 Å². The Balaban J connectivity index is 2.00. The van der Waals surface area contributed by atoms with Crippen molar-refractivity contribution in [2.75, 3.05) is 5.73 Å². The minimum absolute atomic E-state index is 0.0706. The van der Waals surface area contributed by atoms with Crippen LogP contribution < -0.4 is 11.2 Å². The van der Waals surface area contributed by atoms with Crippen LogP contribution >= 0.6 is 0 Å². The number of hydroxylamine groups is 1. The van der Waals surface area contributed by atoms with Crippen LogP contribution in [0, 0.1) is 5.82 Å². The molecule has 1 aromatic carbocycles. The summed E-state index contributed by atoms with van der Waals surface area (Å²) in [6.07, 6.45) is 3.25. The minimum Gasteiger partial charge on any atom is -0.397 e. The average molecular weight is 300 g/mol. The quantitative estimate of drug-likeness (QED) is 0.509. The van der Waals surface area contributed by atoms with E-state index in [-0.39, 0.29) is 11.5 Å². The summed E-state index contributed by atoms with van der Waals surface area (Å²) in [5, 5.41) is 9.31. The van der Waals surface area contributed by atoms with E-state index in [4.69, 9.17) is 10.9 Å². The van der Waals surface area contributed by atoms with Crippen molar-refractivity contribution in [1.29, 1.82) is 0 Å². The Hall–Kier alpha value is -2.93. The molecule has 0 radical (unpaired) electrons. The van der Waals surface area contributed by atoms with Crippen molar-refractivity contribution in [1.82, 2.24) is 15.0 Å². The second-order valence-electron chi connectivity index (χ2n) is 4.87. The maximum atomic E-state index is 12.9. The molecule has 0 aliphatic rings. The summed E-state index contributed by atoms with van der Waals surface area (Å²) < 4.78 is 14.8. The van der Waals surface area contributed by atoms with Crippen molar-refractivity contribution < 1.29 is 14.4 Å². The summed E-state index contributed by atoms with van der Waals surface area (Å²) >= 11 is 0. The van der Waals surface area contributed by atoms with E-state index in [1.807, 2.05) is 4.57 Å². The molecule has 0 saturated carbocycles. The number of anilines is 1. The average Bonchev–Trinajstić information content (AvgIpc) is 2.84. The molecular formula is C15H13FN4O2. The molecule has 0 saturated heterocycles. The van der Waals surface area contributed by atoms with Crippen molar-refractivity contribution in [3.05, 3.63) is 59.8 Å². The minimum atomic E-state index is -0.701. The SMILES string of the molecule is Nc1cn(Cc2ccc(F)cc2)c2cnc(C(=O)NO)cc12. The van der Waals surface area contributed by atoms with Gasteiger partial charge in [0.1, 0.15) is 11.5 Å². The number of carbonyl (C=O) groups excluding carboxylic acids is 1. The Labute approximate surface area is 125 Å². The lowest BCUT2D eigenvalue weighted by Gasteiger charge is -2.06. The van der Waals surface area contributed by atoms with Crippen LogP contribution in [0.4, 0.5) is 10.1 Å². The van der Waals surface area contributed by atoms with Crippen LogP contribution in [-0.4, -0.2) is 20.7 Å². The molecule has 1 amide bonds. The molecule has 7 heteroatoms. The van der Waals surface area contributed by atoms with E-state index in [1.54, 1.807) is 18.3 Å². The maximum Gasteiger partial charge on any atom is 0.293 e. The predicted molar refractivity (Wildman–Crippen MR) is 78.9 cm³/mol. The normalized spacial score (nSPS) is 10.8. The van der Waals surface area contributed by atoms with E-state index in [2.05, 4.69) is 4.98 Å². The van der Waals surface area contributed by atoms with Gasteiger partial charge in [0.05, 0.1) is 17.4 Å². The van der Waals surface area contributed by atoms with E-state index in [0.717, 1.165) is 11.1 Å². The van der Waals surface area contributed by atoms with Gasteiger partial charge in [0.25, 0.3) is 5.91 Å². The first-order chi connectivity index (χ1) is 10.6. The number of fused-ring (bicyclic) bond motifs is 1. The number of nitrogens with zero attached hydrogens (tertiary/aromatic N) is 2. The third kappa shape index (κ3) is 2.49. The zero-order valence-corrected chi connectivity index (χ0v) is 11.5. The molecule has 0 unspecified atom stereocenters. The molecule has 0 aliphatic carbocycles. The Morgan fingerprint density at radius 3 is 2.77 bits per heavy atom. The Morgan fingerprint density at radius 2 is 2.09 bits per heavy atom. The molecule has 0 aliphatic heterocycles. The van der Waals surface area contributed by atoms with Crippen LogP contribution in [0.5, 0.6) is 0 Å². The number of hydrogen-bond acceptors (Lipinski definition) is 4. The predicted octanol–water partition coefficient (Wildman–Crippen LogP) is 1.92. The number of nitrogen functional groups attached to an aromatic ring is 1. The van der Waals surface area contributed by atoms with Gasteiger partial charge in [0, 0.05) is 18.1 Å². The fourth-order valence-electron chi connectivity index (χ4n) is 2.31. The second kappa shape index (κ2) is 5.45. The smallest absolute Gasteiger partial charge is 0.293 e. The lowest BCUT2D eigenvalue weighted by molar-refractivity contribution is 0.0701. The summed E-state index contributed by atoms with van der Waals surface area (Å²) in [6, 6.07) is 7.69. The first-order valence-corrected chi connectivity index (χ1v) is 6.51. The van der Waals surface area contributed by atoms with Gasteiger partial charge in [-0.15, -0.1) is 0 Å². The van der Waals surface area contributed by atoms with E-state index >= 15 is 0 Å². The third-order valence-corrected chi connectivity index (χ3v) is 3.40. The van der Waals surface area contributed by atoms with Crippen LogP contribution in [0.25, 0.3) is 10.9 Å². The molecule has 22 heavy (non-hydrogen) atoms. The zero-order valence-electron chi connectivity index (χ0n) is 11.5. The first-order valence-electron chi connectivity index (χ1n) is 6.51. The lowest BCUT2D eigenvalue weighted by atomic mass is 10.2. The number of amides is 1. The molecule has 2 aromatic heterocycles. The number of hydrogen-bond donors (Lipinski definition) is 3. The lowest BCUT2D eigenvalue weighted by Crippen LogP contribution is -2.19. The van der Waals surface area contributed by atoms with Gasteiger partial charge < -0.3 is 10.3 Å². The van der Waals surface area contributed by atoms with Gasteiger partial charge in [-0.05, 0) is 23.8 Å². The molecule has 2 heterocycles. The highest BCUT2D eigenvalue weighted by molar-refractivity contribution is 5.99. The van der Waals surface area contributed by atoms with Crippen molar-refractivity contribution in [3.63, 3.8) is 0 Å². The standard InChI is InChI=1S/C15H13FN4O2/c16-10-3-1-9(2-4-10)7-20-8-12(17)11-5-13(15(21)19-22)18-6-14(11)20/h1-6,8,22H,7,17H2,(H,19,21). The number of benzene rings is 1. The molecule has 3 aromatic rings. The highest BCUT2D eigenvalue weighted by atomic mass is 19.1. The van der Waals surface area contributed by atoms with Gasteiger partial charge in [-0.25, -0.2) is 14.9 Å². The van der Waals surface area contributed by atoms with Gasteiger partial charge in [-0.3, -0.25) is 10.0 Å². The topological polar surface area (TPSA) is 93.2 Å². The second-order valence-corrected chi connectivity index (χ2v) is 4.87. The van der Waals surface area contributed by atoms with Crippen molar-refractivity contribution in [3.8, 4) is 0 Å². The largest absolute Gasteiger partial charge is 0.397 e. The first kappa shape index (κ1) is 14.0. The van der Waals surface area contributed by atoms with Crippen LogP contribution in [0.3, 0.4) is 0 Å². The molecule has 4 N–H and O–H groups in total. The number of nitrogens with one attached hydrogen (secondary N) is 1. The fraction of sp³-hybridized carbons (Fsp3) is 0.0667. The zero-order chi connectivity index (χ0) is 15.7. The van der Waals surface area contributed by atoms with Crippen molar-refractivity contribution in [2.45, 2.75) is 6.54 Å². The van der Waals surface area contributed by atoms with Gasteiger partial charge in [-0.2, -0.15) is 0 Å². The summed E-state index contributed by atoms with van der Waals surface area (Å²) in [4.78, 5) is 15.4. The summed E-state index contributed by atoms with van der Waals surface area (Å²) in [7, 11) is 0. The summed E-state index contributed by atoms with van der Waals surface area (Å²) in [5.41, 5.74) is 9.72. The van der Waals surface area contributed by atoms with E-state index in [0.29, 0.717) is 17.6 Å². The highest BCUT2D eigenvalue weighted by Gasteiger charge is 2.12. The molecular weight excluding hydrogens is 287 g/mol. The maximum absolute atomic E-state index is 12.9. The number of rotatable bonds is 3. The number of aromatic nitrogens is 2. The van der Waals surface area contributed by atoms with Gasteiger partial charge in [0.15, 0.2) is 0 Å². The molecule has 0 spiro atoms. The number of nitrogens with two attached hydrogens (primary N) is 1. The molecule has 0 fully saturated rings. The Kier molecular flexibility index (Phi) is 3.48. The summed E-state index contributed by atoms with van der Waals surface area (Å²) in [5.74, 6) is -0.991. The molecule has 112 valence electrons. The van der Waals surface area contributed by atoms with Crippen molar-refractivity contribution >= 4 is 22.5 Å². The van der Waals surface area contributed by atoms with Gasteiger partial charge in [0.2, 0.25) is 0 Å². The molecule has 3 rings (SSSR count). The van der Waals surface area contributed by atoms with E-state index in [9.17, 15) is 9.18 Å². The number of halogens is 1. The highest BCUT2D eigenvalue weighted by Crippen LogP contribution is 2.24. The molecule has 6 nitrogen and oxygen atoms in total. The monoisotopic (exact) mass is 300 g/mol. The summed E-state index contributed by atoms with van der Waals surface area (Å²) in [6.45, 7) is 0.501. The van der Waals surface area contributed by atoms with Gasteiger partial charge >= 0.3 is 0 Å². The number of carbonyl (C=O) groups is 1. The fourth-order valence-corrected chi connectivity index (χ4v) is 2.31.